The van der Waals surface area contributed by atoms with Crippen LogP contribution >= 0.6 is 23.9 Å². The lowest BCUT2D eigenvalue weighted by molar-refractivity contribution is -0.140. The molecular formula is C18H12ClF5N6OS. The summed E-state index contributed by atoms with van der Waals surface area (Å²) in [5, 5.41) is -0.122. The van der Waals surface area contributed by atoms with Gasteiger partial charge in [0.25, 0.3) is 0 Å². The minimum Gasteiger partial charge on any atom is -0.471 e. The summed E-state index contributed by atoms with van der Waals surface area (Å²) in [4.78, 5) is 15.3. The van der Waals surface area contributed by atoms with E-state index in [9.17, 15) is 21.4 Å². The zero-order chi connectivity index (χ0) is 23.2. The van der Waals surface area contributed by atoms with Crippen LogP contribution in [0.15, 0.2) is 24.5 Å². The van der Waals surface area contributed by atoms with E-state index in [0.717, 1.165) is 16.8 Å². The number of rotatable bonds is 5. The van der Waals surface area contributed by atoms with Gasteiger partial charge in [0.05, 0.1) is 5.52 Å². The zero-order valence-corrected chi connectivity index (χ0v) is 17.9. The third-order valence-electron chi connectivity index (χ3n) is 4.44. The molecule has 0 amide bonds. The second-order valence-corrected chi connectivity index (χ2v) is 7.54. The second-order valence-electron chi connectivity index (χ2n) is 6.70. The van der Waals surface area contributed by atoms with E-state index in [4.69, 9.17) is 16.3 Å². The maximum atomic E-state index is 14.6. The number of pyridine rings is 1. The van der Waals surface area contributed by atoms with Crippen molar-refractivity contribution < 1.29 is 26.2 Å². The van der Waals surface area contributed by atoms with Crippen LogP contribution in [-0.2, 0) is 19.8 Å². The van der Waals surface area contributed by atoms with Gasteiger partial charge in [0.1, 0.15) is 17.8 Å². The first kappa shape index (κ1) is 22.3. The van der Waals surface area contributed by atoms with Crippen molar-refractivity contribution in [2.24, 2.45) is 7.05 Å². The molecule has 32 heavy (non-hydrogen) atoms. The Morgan fingerprint density at radius 1 is 1.19 bits per heavy atom. The van der Waals surface area contributed by atoms with Gasteiger partial charge >= 0.3 is 6.18 Å². The summed E-state index contributed by atoms with van der Waals surface area (Å²) in [6.07, 6.45) is -2.69. The van der Waals surface area contributed by atoms with Crippen LogP contribution in [0.25, 0.3) is 22.6 Å². The van der Waals surface area contributed by atoms with Crippen molar-refractivity contribution in [1.29, 1.82) is 0 Å². The standard InChI is InChI=1S/C18H12ClF5N6OS/c1-8-3-11-14(30(8)32-24)16(28-17(19)26-11)31-7-9-4-10(20)13(25-5-9)15-27-12(6-29(15)2)18(21,22)23/h3-6H,7H2,1-2H3. The Hall–Kier alpha value is -2.93. The summed E-state index contributed by atoms with van der Waals surface area (Å²) in [5.74, 6) is -1.19. The Morgan fingerprint density at radius 3 is 2.56 bits per heavy atom. The van der Waals surface area contributed by atoms with Gasteiger partial charge in [-0.2, -0.15) is 18.2 Å². The first-order valence-electron chi connectivity index (χ1n) is 8.81. The number of aryl methyl sites for hydroxylation is 2. The van der Waals surface area contributed by atoms with Gasteiger partial charge in [0.15, 0.2) is 29.7 Å². The van der Waals surface area contributed by atoms with Crippen molar-refractivity contribution in [3.8, 4) is 17.4 Å². The smallest absolute Gasteiger partial charge is 0.434 e. The largest absolute Gasteiger partial charge is 0.471 e. The number of aromatic nitrogens is 6. The molecule has 4 heterocycles. The van der Waals surface area contributed by atoms with Gasteiger partial charge < -0.3 is 9.30 Å². The number of hydrogen-bond acceptors (Lipinski definition) is 6. The summed E-state index contributed by atoms with van der Waals surface area (Å²) in [6, 6.07) is 2.65. The first-order valence-corrected chi connectivity index (χ1v) is 9.86. The molecule has 4 rings (SSSR count). The molecule has 0 aliphatic heterocycles. The van der Waals surface area contributed by atoms with E-state index in [1.807, 2.05) is 0 Å². The molecule has 168 valence electrons. The Kier molecular flexibility index (Phi) is 5.71. The lowest BCUT2D eigenvalue weighted by Gasteiger charge is -2.09. The SMILES string of the molecule is Cc1cc2nc(Cl)nc(OCc3cnc(-c4nc(C(F)(F)F)cn4C)c(F)c3)c2n1SF. The number of imidazole rings is 1. The van der Waals surface area contributed by atoms with Gasteiger partial charge in [-0.1, -0.05) is 0 Å². The minimum absolute atomic E-state index is 0.0262. The maximum absolute atomic E-state index is 14.6. The molecule has 0 N–H and O–H groups in total. The molecule has 4 aromatic heterocycles. The highest BCUT2D eigenvalue weighted by Gasteiger charge is 2.35. The molecule has 0 saturated heterocycles. The van der Waals surface area contributed by atoms with Crippen molar-refractivity contribution in [3.63, 3.8) is 0 Å². The molecule has 14 heteroatoms. The molecule has 0 saturated carbocycles. The van der Waals surface area contributed by atoms with Gasteiger partial charge in [0.2, 0.25) is 11.2 Å². The monoisotopic (exact) mass is 490 g/mol. The molecule has 0 radical (unpaired) electrons. The van der Waals surface area contributed by atoms with Crippen LogP contribution in [0.3, 0.4) is 0 Å². The van der Waals surface area contributed by atoms with Crippen molar-refractivity contribution in [2.45, 2.75) is 19.7 Å². The summed E-state index contributed by atoms with van der Waals surface area (Å²) in [6.45, 7) is 1.44. The van der Waals surface area contributed by atoms with E-state index < -0.39 is 17.7 Å². The number of halogens is 6. The number of fused-ring (bicyclic) bond motifs is 1. The lowest BCUT2D eigenvalue weighted by Crippen LogP contribution is -2.05. The molecule has 0 fully saturated rings. The zero-order valence-electron chi connectivity index (χ0n) is 16.3. The van der Waals surface area contributed by atoms with Gasteiger partial charge in [-0.25, -0.2) is 19.3 Å². The number of ether oxygens (including phenoxy) is 1. The van der Waals surface area contributed by atoms with E-state index in [1.54, 1.807) is 13.0 Å². The normalized spacial score (nSPS) is 12.0. The van der Waals surface area contributed by atoms with Gasteiger partial charge in [-0.3, -0.25) is 3.97 Å². The molecule has 0 unspecified atom stereocenters. The Labute approximate surface area is 186 Å². The van der Waals surface area contributed by atoms with Crippen LogP contribution in [0, 0.1) is 12.7 Å². The van der Waals surface area contributed by atoms with E-state index >= 15 is 0 Å². The van der Waals surface area contributed by atoms with Crippen molar-refractivity contribution >= 4 is 35.0 Å². The molecule has 0 spiro atoms. The number of alkyl halides is 3. The molecule has 7 nitrogen and oxygen atoms in total. The molecule has 0 bridgehead atoms. The van der Waals surface area contributed by atoms with Gasteiger partial charge in [0, 0.05) is 30.7 Å². The third-order valence-corrected chi connectivity index (χ3v) is 5.22. The molecule has 4 aromatic rings. The number of nitrogens with zero attached hydrogens (tertiary/aromatic N) is 6. The van der Waals surface area contributed by atoms with Crippen molar-refractivity contribution in [3.05, 3.63) is 52.6 Å². The summed E-state index contributed by atoms with van der Waals surface area (Å²) in [5.41, 5.74) is -0.106. The van der Waals surface area contributed by atoms with E-state index in [1.165, 1.54) is 17.2 Å². The molecule has 0 atom stereocenters. The van der Waals surface area contributed by atoms with Gasteiger partial charge in [-0.05, 0) is 30.7 Å². The Balaban J connectivity index is 1.62. The Bertz CT molecular complexity index is 1320. The average molecular weight is 491 g/mol. The fraction of sp³-hybridized carbons (Fsp3) is 0.222. The predicted molar refractivity (Wildman–Crippen MR) is 107 cm³/mol. The Morgan fingerprint density at radius 2 is 1.94 bits per heavy atom. The quantitative estimate of drug-likeness (QED) is 0.279. The highest BCUT2D eigenvalue weighted by molar-refractivity contribution is 7.93. The fourth-order valence-corrected chi connectivity index (χ4v) is 3.60. The highest BCUT2D eigenvalue weighted by atomic mass is 35.5. The van der Waals surface area contributed by atoms with E-state index in [-0.39, 0.29) is 52.7 Å². The fourth-order valence-electron chi connectivity index (χ4n) is 3.03. The molecule has 0 aliphatic carbocycles. The van der Waals surface area contributed by atoms with Crippen LogP contribution in [0.1, 0.15) is 17.0 Å². The van der Waals surface area contributed by atoms with Crippen LogP contribution < -0.4 is 4.74 Å². The lowest BCUT2D eigenvalue weighted by atomic mass is 10.2. The van der Waals surface area contributed by atoms with Crippen molar-refractivity contribution in [1.82, 2.24) is 28.5 Å². The summed E-state index contributed by atoms with van der Waals surface area (Å²) >= 11 is 5.83. The molecule has 0 aromatic carbocycles. The average Bonchev–Trinajstić information content (AvgIpc) is 3.25. The second kappa shape index (κ2) is 8.20. The van der Waals surface area contributed by atoms with E-state index in [2.05, 4.69) is 19.9 Å². The molecular weight excluding hydrogens is 479 g/mol. The van der Waals surface area contributed by atoms with E-state index in [0.29, 0.717) is 11.2 Å². The highest BCUT2D eigenvalue weighted by Crippen LogP contribution is 2.33. The topological polar surface area (TPSA) is 70.7 Å². The van der Waals surface area contributed by atoms with Crippen LogP contribution in [-0.4, -0.2) is 28.5 Å². The van der Waals surface area contributed by atoms with Crippen molar-refractivity contribution in [2.75, 3.05) is 0 Å². The van der Waals surface area contributed by atoms with Crippen LogP contribution in [0.4, 0.5) is 21.4 Å². The third kappa shape index (κ3) is 4.09. The number of hydrogen-bond donors (Lipinski definition) is 0. The predicted octanol–water partition coefficient (Wildman–Crippen LogP) is 5.31. The van der Waals surface area contributed by atoms with Gasteiger partial charge in [-0.15, -0.1) is 3.89 Å². The minimum atomic E-state index is -4.67. The van der Waals surface area contributed by atoms with Crippen LogP contribution in [0.5, 0.6) is 5.88 Å². The summed E-state index contributed by atoms with van der Waals surface area (Å²) < 4.78 is 74.4. The molecule has 0 aliphatic rings. The first-order chi connectivity index (χ1) is 15.1. The summed E-state index contributed by atoms with van der Waals surface area (Å²) in [7, 11) is 1.31. The van der Waals surface area contributed by atoms with Crippen LogP contribution in [0.2, 0.25) is 5.28 Å². The maximum Gasteiger partial charge on any atom is 0.434 e.